The van der Waals surface area contributed by atoms with Crippen molar-refractivity contribution in [2.24, 2.45) is 12.0 Å². The minimum atomic E-state index is 0. The quantitative estimate of drug-likeness (QED) is 0.309. The van der Waals surface area contributed by atoms with Crippen molar-refractivity contribution in [1.29, 1.82) is 0 Å². The molecule has 0 aromatic carbocycles. The molecule has 1 aliphatic rings. The maximum atomic E-state index is 6.08. The number of nitrogens with zero attached hydrogens (tertiary/aromatic N) is 3. The zero-order valence-corrected chi connectivity index (χ0v) is 18.9. The molecule has 0 bridgehead atoms. The van der Waals surface area contributed by atoms with Gasteiger partial charge in [-0.2, -0.15) is 0 Å². The first kappa shape index (κ1) is 22.8. The number of halogens is 3. The standard InChI is InChI=1S/C16H27Cl2N5O.HI/c1-19-16(21-11-13-10-14(17)15(18)22(13)2)20-6-7-23(8-9-24-3)12-4-5-12;/h10,12H,4-9,11H2,1-3H3,(H2,19,20,21);1H. The molecule has 2 rings (SSSR count). The Morgan fingerprint density at radius 1 is 1.36 bits per heavy atom. The number of aromatic nitrogens is 1. The van der Waals surface area contributed by atoms with Gasteiger partial charge in [0, 0.05) is 52.6 Å². The van der Waals surface area contributed by atoms with Crippen molar-refractivity contribution in [3.8, 4) is 0 Å². The van der Waals surface area contributed by atoms with Gasteiger partial charge in [-0.05, 0) is 18.9 Å². The zero-order chi connectivity index (χ0) is 17.5. The van der Waals surface area contributed by atoms with Crippen LogP contribution < -0.4 is 10.6 Å². The molecule has 6 nitrogen and oxygen atoms in total. The topological polar surface area (TPSA) is 53.8 Å². The molecule has 0 saturated heterocycles. The predicted molar refractivity (Wildman–Crippen MR) is 116 cm³/mol. The lowest BCUT2D eigenvalue weighted by Gasteiger charge is -2.22. The summed E-state index contributed by atoms with van der Waals surface area (Å²) in [7, 11) is 5.41. The third-order valence-corrected chi connectivity index (χ3v) is 5.06. The Morgan fingerprint density at radius 3 is 2.60 bits per heavy atom. The molecule has 1 aliphatic carbocycles. The fourth-order valence-corrected chi connectivity index (χ4v) is 3.01. The smallest absolute Gasteiger partial charge is 0.191 e. The fraction of sp³-hybridized carbons (Fsp3) is 0.688. The van der Waals surface area contributed by atoms with Crippen LogP contribution in [0.3, 0.4) is 0 Å². The molecule has 0 atom stereocenters. The van der Waals surface area contributed by atoms with E-state index in [1.807, 2.05) is 17.7 Å². The van der Waals surface area contributed by atoms with Crippen molar-refractivity contribution in [1.82, 2.24) is 20.1 Å². The fourth-order valence-electron chi connectivity index (χ4n) is 2.60. The molecule has 25 heavy (non-hydrogen) atoms. The van der Waals surface area contributed by atoms with Gasteiger partial charge in [0.25, 0.3) is 0 Å². The summed E-state index contributed by atoms with van der Waals surface area (Å²) in [4.78, 5) is 6.73. The number of nitrogens with one attached hydrogen (secondary N) is 2. The third kappa shape index (κ3) is 7.13. The molecule has 2 N–H and O–H groups in total. The van der Waals surface area contributed by atoms with Crippen LogP contribution in [0.5, 0.6) is 0 Å². The van der Waals surface area contributed by atoms with Gasteiger partial charge in [0.2, 0.25) is 0 Å². The zero-order valence-electron chi connectivity index (χ0n) is 15.0. The number of ether oxygens (including phenoxy) is 1. The highest BCUT2D eigenvalue weighted by molar-refractivity contribution is 14.0. The summed E-state index contributed by atoms with van der Waals surface area (Å²) in [6.07, 6.45) is 2.59. The second kappa shape index (κ2) is 11.5. The van der Waals surface area contributed by atoms with Crippen LogP contribution in [0.25, 0.3) is 0 Å². The third-order valence-electron chi connectivity index (χ3n) is 4.21. The van der Waals surface area contributed by atoms with Gasteiger partial charge in [0.15, 0.2) is 5.96 Å². The molecule has 1 saturated carbocycles. The molecule has 1 heterocycles. The van der Waals surface area contributed by atoms with Gasteiger partial charge < -0.3 is 19.9 Å². The van der Waals surface area contributed by atoms with Crippen molar-refractivity contribution < 1.29 is 4.74 Å². The number of guanidine groups is 1. The molecular formula is C16H28Cl2IN5O. The van der Waals surface area contributed by atoms with Crippen molar-refractivity contribution in [3.63, 3.8) is 0 Å². The van der Waals surface area contributed by atoms with Gasteiger partial charge in [-0.15, -0.1) is 24.0 Å². The van der Waals surface area contributed by atoms with Crippen LogP contribution in [0.1, 0.15) is 18.5 Å². The van der Waals surface area contributed by atoms with E-state index in [1.54, 1.807) is 14.2 Å². The number of rotatable bonds is 9. The van der Waals surface area contributed by atoms with Crippen LogP contribution in [-0.2, 0) is 18.3 Å². The van der Waals surface area contributed by atoms with Crippen LogP contribution in [0, 0.1) is 0 Å². The lowest BCUT2D eigenvalue weighted by atomic mass is 10.4. The first-order valence-corrected chi connectivity index (χ1v) is 8.99. The second-order valence-corrected chi connectivity index (χ2v) is 6.71. The maximum Gasteiger partial charge on any atom is 0.191 e. The van der Waals surface area contributed by atoms with Gasteiger partial charge in [0.1, 0.15) is 5.15 Å². The van der Waals surface area contributed by atoms with Crippen LogP contribution >= 0.6 is 47.2 Å². The molecule has 1 fully saturated rings. The lowest BCUT2D eigenvalue weighted by molar-refractivity contribution is 0.144. The highest BCUT2D eigenvalue weighted by Crippen LogP contribution is 2.26. The van der Waals surface area contributed by atoms with Crippen molar-refractivity contribution in [3.05, 3.63) is 21.9 Å². The van der Waals surface area contributed by atoms with Gasteiger partial charge in [-0.25, -0.2) is 0 Å². The van der Waals surface area contributed by atoms with Crippen molar-refractivity contribution in [2.75, 3.05) is 40.4 Å². The Bertz CT molecular complexity index is 563. The van der Waals surface area contributed by atoms with E-state index in [-0.39, 0.29) is 24.0 Å². The highest BCUT2D eigenvalue weighted by atomic mass is 127. The molecule has 0 radical (unpaired) electrons. The number of methoxy groups -OCH3 is 1. The van der Waals surface area contributed by atoms with Gasteiger partial charge >= 0.3 is 0 Å². The predicted octanol–water partition coefficient (Wildman–Crippen LogP) is 2.73. The molecule has 0 amide bonds. The van der Waals surface area contributed by atoms with Gasteiger partial charge in [-0.1, -0.05) is 23.2 Å². The van der Waals surface area contributed by atoms with E-state index in [2.05, 4.69) is 20.5 Å². The Morgan fingerprint density at radius 2 is 2.08 bits per heavy atom. The minimum absolute atomic E-state index is 0. The van der Waals surface area contributed by atoms with E-state index in [1.165, 1.54) is 12.8 Å². The number of aliphatic imine (C=N–C) groups is 1. The first-order chi connectivity index (χ1) is 11.6. The molecule has 0 aliphatic heterocycles. The summed E-state index contributed by atoms with van der Waals surface area (Å²) in [5.41, 5.74) is 1.01. The molecule has 1 aromatic rings. The maximum absolute atomic E-state index is 6.08. The number of hydrogen-bond donors (Lipinski definition) is 2. The normalized spacial score (nSPS) is 14.6. The minimum Gasteiger partial charge on any atom is -0.383 e. The van der Waals surface area contributed by atoms with E-state index < -0.39 is 0 Å². The van der Waals surface area contributed by atoms with E-state index >= 15 is 0 Å². The Kier molecular flexibility index (Phi) is 10.5. The molecule has 144 valence electrons. The van der Waals surface area contributed by atoms with Crippen molar-refractivity contribution in [2.45, 2.75) is 25.4 Å². The van der Waals surface area contributed by atoms with E-state index in [4.69, 9.17) is 27.9 Å². The summed E-state index contributed by atoms with van der Waals surface area (Å²) >= 11 is 12.1. The summed E-state index contributed by atoms with van der Waals surface area (Å²) in [5, 5.41) is 7.76. The molecule has 9 heteroatoms. The van der Waals surface area contributed by atoms with E-state index in [0.717, 1.165) is 43.9 Å². The molecular weight excluding hydrogens is 476 g/mol. The Balaban J connectivity index is 0.00000312. The number of hydrogen-bond acceptors (Lipinski definition) is 3. The molecule has 0 spiro atoms. The van der Waals surface area contributed by atoms with Gasteiger partial charge in [-0.3, -0.25) is 9.89 Å². The van der Waals surface area contributed by atoms with E-state index in [0.29, 0.717) is 16.7 Å². The summed E-state index contributed by atoms with van der Waals surface area (Å²) < 4.78 is 7.05. The average Bonchev–Trinajstić information content (AvgIpc) is 3.39. The van der Waals surface area contributed by atoms with Gasteiger partial charge in [0.05, 0.1) is 18.2 Å². The summed E-state index contributed by atoms with van der Waals surface area (Å²) in [6, 6.07) is 2.59. The monoisotopic (exact) mass is 503 g/mol. The lowest BCUT2D eigenvalue weighted by Crippen LogP contribution is -2.42. The van der Waals surface area contributed by atoms with Crippen LogP contribution in [0.2, 0.25) is 10.2 Å². The van der Waals surface area contributed by atoms with E-state index in [9.17, 15) is 0 Å². The molecule has 0 unspecified atom stereocenters. The largest absolute Gasteiger partial charge is 0.383 e. The van der Waals surface area contributed by atoms with Crippen LogP contribution in [0.15, 0.2) is 11.1 Å². The van der Waals surface area contributed by atoms with Crippen molar-refractivity contribution >= 4 is 53.1 Å². The first-order valence-electron chi connectivity index (χ1n) is 8.24. The summed E-state index contributed by atoms with van der Waals surface area (Å²) in [5.74, 6) is 0.769. The Hall–Kier alpha value is -0.220. The summed E-state index contributed by atoms with van der Waals surface area (Å²) in [6.45, 7) is 4.19. The second-order valence-electron chi connectivity index (χ2n) is 5.95. The SMILES string of the molecule is CN=C(NCCN(CCOC)C1CC1)NCc1cc(Cl)c(Cl)n1C.I. The Labute approximate surface area is 177 Å². The van der Waals surface area contributed by atoms with Crippen LogP contribution in [-0.4, -0.2) is 61.9 Å². The highest BCUT2D eigenvalue weighted by Gasteiger charge is 2.28. The van der Waals surface area contributed by atoms with Crippen LogP contribution in [0.4, 0.5) is 0 Å². The molecule has 1 aromatic heterocycles. The average molecular weight is 504 g/mol.